The van der Waals surface area contributed by atoms with Crippen LogP contribution in [0, 0.1) is 6.92 Å². The Morgan fingerprint density at radius 1 is 1.28 bits per heavy atom. The van der Waals surface area contributed by atoms with Crippen LogP contribution in [0.2, 0.25) is 0 Å². The molecule has 0 aliphatic carbocycles. The number of likely N-dealkylation sites (tertiary alicyclic amines) is 1. The molecular formula is C15H25N3. The predicted octanol–water partition coefficient (Wildman–Crippen LogP) is 2.35. The van der Waals surface area contributed by atoms with Crippen molar-refractivity contribution in [1.29, 1.82) is 0 Å². The molecule has 100 valence electrons. The first-order valence-electron chi connectivity index (χ1n) is 7.10. The second-order valence-electron chi connectivity index (χ2n) is 5.51. The fraction of sp³-hybridized carbons (Fsp3) is 0.667. The van der Waals surface area contributed by atoms with Crippen LogP contribution in [-0.4, -0.2) is 35.6 Å². The molecule has 0 aromatic carbocycles. The van der Waals surface area contributed by atoms with Gasteiger partial charge in [0.15, 0.2) is 0 Å². The minimum absolute atomic E-state index is 0.545. The highest BCUT2D eigenvalue weighted by Crippen LogP contribution is 2.09. The molecule has 0 bridgehead atoms. The molecule has 18 heavy (non-hydrogen) atoms. The number of piperidine rings is 1. The maximum absolute atomic E-state index is 4.23. The molecule has 0 amide bonds. The van der Waals surface area contributed by atoms with E-state index < -0.39 is 0 Å². The van der Waals surface area contributed by atoms with Crippen molar-refractivity contribution in [1.82, 2.24) is 15.2 Å². The molecule has 1 aliphatic rings. The Hall–Kier alpha value is -0.930. The lowest BCUT2D eigenvalue weighted by atomic mass is 10.1. The minimum atomic E-state index is 0.545. The molecule has 1 atom stereocenters. The van der Waals surface area contributed by atoms with Gasteiger partial charge in [0.25, 0.3) is 0 Å². The average Bonchev–Trinajstić information content (AvgIpc) is 2.38. The third-order valence-corrected chi connectivity index (χ3v) is 3.57. The summed E-state index contributed by atoms with van der Waals surface area (Å²) in [6.07, 6.45) is 8.00. The SMILES string of the molecule is Cc1cncc(CNC(C)CN2CCCCC2)c1. The summed E-state index contributed by atoms with van der Waals surface area (Å²) >= 11 is 0. The highest BCUT2D eigenvalue weighted by atomic mass is 15.1. The van der Waals surface area contributed by atoms with E-state index in [1.54, 1.807) is 0 Å². The van der Waals surface area contributed by atoms with Gasteiger partial charge in [0.1, 0.15) is 0 Å². The van der Waals surface area contributed by atoms with Crippen LogP contribution in [0.1, 0.15) is 37.3 Å². The first-order chi connectivity index (χ1) is 8.74. The molecule has 3 nitrogen and oxygen atoms in total. The van der Waals surface area contributed by atoms with Gasteiger partial charge in [0.05, 0.1) is 0 Å². The molecule has 1 fully saturated rings. The molecular weight excluding hydrogens is 222 g/mol. The van der Waals surface area contributed by atoms with Gasteiger partial charge < -0.3 is 10.2 Å². The summed E-state index contributed by atoms with van der Waals surface area (Å²) in [5.74, 6) is 0. The van der Waals surface area contributed by atoms with Crippen molar-refractivity contribution in [3.8, 4) is 0 Å². The Bertz CT molecular complexity index is 359. The number of nitrogens with zero attached hydrogens (tertiary/aromatic N) is 2. The van der Waals surface area contributed by atoms with E-state index in [1.807, 2.05) is 12.4 Å². The first-order valence-corrected chi connectivity index (χ1v) is 7.10. The van der Waals surface area contributed by atoms with Crippen LogP contribution in [0.5, 0.6) is 0 Å². The molecule has 1 aromatic rings. The van der Waals surface area contributed by atoms with E-state index >= 15 is 0 Å². The lowest BCUT2D eigenvalue weighted by Gasteiger charge is -2.29. The highest BCUT2D eigenvalue weighted by molar-refractivity contribution is 5.16. The summed E-state index contributed by atoms with van der Waals surface area (Å²) < 4.78 is 0. The van der Waals surface area contributed by atoms with Crippen molar-refractivity contribution >= 4 is 0 Å². The number of aryl methyl sites for hydroxylation is 1. The minimum Gasteiger partial charge on any atom is -0.309 e. The number of pyridine rings is 1. The Labute approximate surface area is 111 Å². The second kappa shape index (κ2) is 6.86. The Morgan fingerprint density at radius 3 is 2.78 bits per heavy atom. The van der Waals surface area contributed by atoms with Crippen LogP contribution in [0.15, 0.2) is 18.5 Å². The molecule has 1 aliphatic heterocycles. The number of aromatic nitrogens is 1. The van der Waals surface area contributed by atoms with Crippen molar-refractivity contribution in [3.05, 3.63) is 29.6 Å². The standard InChI is InChI=1S/C15H25N3/c1-13-8-15(10-16-9-13)11-17-14(2)12-18-6-4-3-5-7-18/h8-10,14,17H,3-7,11-12H2,1-2H3. The summed E-state index contributed by atoms with van der Waals surface area (Å²) in [6.45, 7) is 9.00. The van der Waals surface area contributed by atoms with Gasteiger partial charge >= 0.3 is 0 Å². The fourth-order valence-corrected chi connectivity index (χ4v) is 2.60. The highest BCUT2D eigenvalue weighted by Gasteiger charge is 2.12. The summed E-state index contributed by atoms with van der Waals surface area (Å²) in [5, 5.41) is 3.59. The molecule has 1 unspecified atom stereocenters. The summed E-state index contributed by atoms with van der Waals surface area (Å²) in [7, 11) is 0. The van der Waals surface area contributed by atoms with Crippen LogP contribution >= 0.6 is 0 Å². The van der Waals surface area contributed by atoms with Crippen molar-refractivity contribution in [3.63, 3.8) is 0 Å². The van der Waals surface area contributed by atoms with Crippen molar-refractivity contribution in [2.45, 2.75) is 45.7 Å². The normalized spacial score (nSPS) is 18.8. The molecule has 0 spiro atoms. The van der Waals surface area contributed by atoms with E-state index in [9.17, 15) is 0 Å². The quantitative estimate of drug-likeness (QED) is 0.865. The van der Waals surface area contributed by atoms with E-state index in [0.29, 0.717) is 6.04 Å². The van der Waals surface area contributed by atoms with E-state index in [2.05, 4.69) is 35.1 Å². The van der Waals surface area contributed by atoms with Gasteiger partial charge in [0.2, 0.25) is 0 Å². The smallest absolute Gasteiger partial charge is 0.0313 e. The van der Waals surface area contributed by atoms with Crippen LogP contribution in [0.3, 0.4) is 0 Å². The van der Waals surface area contributed by atoms with E-state index in [4.69, 9.17) is 0 Å². The van der Waals surface area contributed by atoms with Gasteiger partial charge in [0, 0.05) is 31.5 Å². The topological polar surface area (TPSA) is 28.2 Å². The summed E-state index contributed by atoms with van der Waals surface area (Å²) in [5.41, 5.74) is 2.51. The Kier molecular flexibility index (Phi) is 5.14. The Morgan fingerprint density at radius 2 is 2.06 bits per heavy atom. The van der Waals surface area contributed by atoms with Gasteiger partial charge in [-0.25, -0.2) is 0 Å². The number of hydrogen-bond acceptors (Lipinski definition) is 3. The summed E-state index contributed by atoms with van der Waals surface area (Å²) in [4.78, 5) is 6.81. The van der Waals surface area contributed by atoms with Crippen molar-refractivity contribution in [2.75, 3.05) is 19.6 Å². The monoisotopic (exact) mass is 247 g/mol. The zero-order chi connectivity index (χ0) is 12.8. The van der Waals surface area contributed by atoms with Crippen molar-refractivity contribution in [2.24, 2.45) is 0 Å². The maximum atomic E-state index is 4.23. The number of hydrogen-bond donors (Lipinski definition) is 1. The largest absolute Gasteiger partial charge is 0.309 e. The maximum Gasteiger partial charge on any atom is 0.0313 e. The van der Waals surface area contributed by atoms with Crippen LogP contribution in [0.25, 0.3) is 0 Å². The Balaban J connectivity index is 1.72. The number of rotatable bonds is 5. The third-order valence-electron chi connectivity index (χ3n) is 3.57. The third kappa shape index (κ3) is 4.39. The molecule has 1 saturated heterocycles. The van der Waals surface area contributed by atoms with Gasteiger partial charge in [-0.2, -0.15) is 0 Å². The van der Waals surface area contributed by atoms with Crippen molar-refractivity contribution < 1.29 is 0 Å². The van der Waals surface area contributed by atoms with E-state index in [0.717, 1.165) is 6.54 Å². The van der Waals surface area contributed by atoms with Gasteiger partial charge in [-0.15, -0.1) is 0 Å². The summed E-state index contributed by atoms with van der Waals surface area (Å²) in [6, 6.07) is 2.75. The number of nitrogens with one attached hydrogen (secondary N) is 1. The van der Waals surface area contributed by atoms with E-state index in [1.165, 1.54) is 50.0 Å². The van der Waals surface area contributed by atoms with Crippen LogP contribution < -0.4 is 5.32 Å². The zero-order valence-corrected chi connectivity index (χ0v) is 11.7. The van der Waals surface area contributed by atoms with Crippen LogP contribution in [-0.2, 0) is 6.54 Å². The molecule has 1 aromatic heterocycles. The molecule has 0 radical (unpaired) electrons. The van der Waals surface area contributed by atoms with Gasteiger partial charge in [-0.1, -0.05) is 12.5 Å². The van der Waals surface area contributed by atoms with E-state index in [-0.39, 0.29) is 0 Å². The zero-order valence-electron chi connectivity index (χ0n) is 11.7. The first kappa shape index (κ1) is 13.5. The molecule has 2 heterocycles. The van der Waals surface area contributed by atoms with Crippen LogP contribution in [0.4, 0.5) is 0 Å². The average molecular weight is 247 g/mol. The fourth-order valence-electron chi connectivity index (χ4n) is 2.60. The molecule has 0 saturated carbocycles. The second-order valence-corrected chi connectivity index (χ2v) is 5.51. The van der Waals surface area contributed by atoms with Gasteiger partial charge in [-0.05, 0) is 50.9 Å². The molecule has 3 heteroatoms. The predicted molar refractivity (Wildman–Crippen MR) is 75.6 cm³/mol. The molecule has 1 N–H and O–H groups in total. The lowest BCUT2D eigenvalue weighted by molar-refractivity contribution is 0.209. The molecule has 2 rings (SSSR count). The lowest BCUT2D eigenvalue weighted by Crippen LogP contribution is -2.41. The van der Waals surface area contributed by atoms with Gasteiger partial charge in [-0.3, -0.25) is 4.98 Å².